The maximum Gasteiger partial charge on any atom is 0.373 e. The Labute approximate surface area is 135 Å². The summed E-state index contributed by atoms with van der Waals surface area (Å²) in [5.41, 5.74) is 5.34. The lowest BCUT2D eigenvalue weighted by molar-refractivity contribution is -0.385. The number of hydrogen-bond donors (Lipinski definition) is 1. The first-order chi connectivity index (χ1) is 11.0. The minimum atomic E-state index is -0.722. The van der Waals surface area contributed by atoms with Gasteiger partial charge in [0.05, 0.1) is 23.7 Å². The van der Waals surface area contributed by atoms with Crippen molar-refractivity contribution in [1.82, 2.24) is 9.97 Å². The number of aromatic nitrogens is 2. The number of nitriles is 1. The van der Waals surface area contributed by atoms with E-state index in [9.17, 15) is 10.1 Å². The molecular weight excluding hydrogens is 322 g/mol. The fourth-order valence-corrected chi connectivity index (χ4v) is 2.05. The van der Waals surface area contributed by atoms with Crippen molar-refractivity contribution < 1.29 is 14.4 Å². The van der Waals surface area contributed by atoms with Gasteiger partial charge in [-0.1, -0.05) is 11.8 Å². The standard InChI is InChI=1S/C13H11N5O4S/c1-21-8-3-7(6-14)4-9(5-8)22-12-10(18(19)20)11(15)16-13(17-12)23-2/h3-5H,1-2H3,(H2,15,16,17). The molecule has 0 radical (unpaired) electrons. The van der Waals surface area contributed by atoms with Crippen molar-refractivity contribution in [2.45, 2.75) is 5.16 Å². The molecule has 0 amide bonds. The number of rotatable bonds is 5. The van der Waals surface area contributed by atoms with Gasteiger partial charge in [0.2, 0.25) is 5.82 Å². The van der Waals surface area contributed by atoms with Gasteiger partial charge in [0.15, 0.2) is 5.16 Å². The maximum atomic E-state index is 11.2. The summed E-state index contributed by atoms with van der Waals surface area (Å²) in [6.45, 7) is 0. The molecule has 0 unspecified atom stereocenters. The van der Waals surface area contributed by atoms with E-state index in [4.69, 9.17) is 20.5 Å². The summed E-state index contributed by atoms with van der Waals surface area (Å²) in [6, 6.07) is 6.33. The quantitative estimate of drug-likeness (QED) is 0.378. The molecule has 23 heavy (non-hydrogen) atoms. The van der Waals surface area contributed by atoms with E-state index in [1.54, 1.807) is 6.26 Å². The van der Waals surface area contributed by atoms with Crippen LogP contribution in [0.1, 0.15) is 5.56 Å². The van der Waals surface area contributed by atoms with Gasteiger partial charge in [0.25, 0.3) is 0 Å². The highest BCUT2D eigenvalue weighted by Gasteiger charge is 2.25. The first-order valence-corrected chi connectivity index (χ1v) is 7.34. The van der Waals surface area contributed by atoms with E-state index in [0.29, 0.717) is 5.75 Å². The van der Waals surface area contributed by atoms with E-state index < -0.39 is 10.6 Å². The molecule has 0 atom stereocenters. The van der Waals surface area contributed by atoms with Gasteiger partial charge in [-0.2, -0.15) is 15.2 Å². The molecule has 9 nitrogen and oxygen atoms in total. The van der Waals surface area contributed by atoms with E-state index >= 15 is 0 Å². The van der Waals surface area contributed by atoms with E-state index in [2.05, 4.69) is 9.97 Å². The number of benzene rings is 1. The molecule has 0 spiro atoms. The average molecular weight is 333 g/mol. The molecule has 0 fully saturated rings. The Balaban J connectivity index is 2.53. The molecule has 0 saturated carbocycles. The van der Waals surface area contributed by atoms with Crippen LogP contribution in [-0.4, -0.2) is 28.3 Å². The zero-order chi connectivity index (χ0) is 17.0. The van der Waals surface area contributed by atoms with Crippen LogP contribution >= 0.6 is 11.8 Å². The van der Waals surface area contributed by atoms with Gasteiger partial charge in [-0.25, -0.2) is 0 Å². The van der Waals surface area contributed by atoms with Crippen molar-refractivity contribution in [2.24, 2.45) is 0 Å². The molecule has 2 aromatic rings. The Morgan fingerprint density at radius 3 is 2.61 bits per heavy atom. The first kappa shape index (κ1) is 16.3. The van der Waals surface area contributed by atoms with Gasteiger partial charge < -0.3 is 15.2 Å². The number of ether oxygens (including phenoxy) is 2. The third-order valence-electron chi connectivity index (χ3n) is 2.68. The van der Waals surface area contributed by atoms with Gasteiger partial charge >= 0.3 is 11.6 Å². The van der Waals surface area contributed by atoms with Gasteiger partial charge in [0, 0.05) is 6.07 Å². The summed E-state index contributed by atoms with van der Waals surface area (Å²) < 4.78 is 10.5. The number of anilines is 1. The summed E-state index contributed by atoms with van der Waals surface area (Å²) in [4.78, 5) is 18.2. The molecule has 0 aliphatic heterocycles. The normalized spacial score (nSPS) is 9.96. The van der Waals surface area contributed by atoms with Gasteiger partial charge in [-0.15, -0.1) is 0 Å². The fraction of sp³-hybridized carbons (Fsp3) is 0.154. The topological polar surface area (TPSA) is 137 Å². The molecule has 0 bridgehead atoms. The van der Waals surface area contributed by atoms with E-state index in [-0.39, 0.29) is 28.2 Å². The van der Waals surface area contributed by atoms with Crippen molar-refractivity contribution in [1.29, 1.82) is 5.26 Å². The third kappa shape index (κ3) is 3.58. The number of nitrogens with two attached hydrogens (primary N) is 1. The van der Waals surface area contributed by atoms with Crippen LogP contribution < -0.4 is 15.2 Å². The largest absolute Gasteiger partial charge is 0.497 e. The molecule has 0 saturated heterocycles. The molecule has 118 valence electrons. The molecule has 1 aromatic carbocycles. The minimum Gasteiger partial charge on any atom is -0.497 e. The van der Waals surface area contributed by atoms with Crippen LogP contribution in [0.2, 0.25) is 0 Å². The molecular formula is C13H11N5O4S. The van der Waals surface area contributed by atoms with Crippen molar-refractivity contribution in [3.8, 4) is 23.4 Å². The molecule has 1 heterocycles. The monoisotopic (exact) mass is 333 g/mol. The number of nitrogen functional groups attached to an aromatic ring is 1. The SMILES string of the molecule is COc1cc(C#N)cc(Oc2nc(SC)nc(N)c2[N+](=O)[O-])c1. The molecule has 10 heteroatoms. The van der Waals surface area contributed by atoms with Crippen LogP contribution in [-0.2, 0) is 0 Å². The summed E-state index contributed by atoms with van der Waals surface area (Å²) >= 11 is 1.16. The lowest BCUT2D eigenvalue weighted by Gasteiger charge is -2.09. The summed E-state index contributed by atoms with van der Waals surface area (Å²) in [7, 11) is 1.43. The van der Waals surface area contributed by atoms with Gasteiger partial charge in [0.1, 0.15) is 11.5 Å². The smallest absolute Gasteiger partial charge is 0.373 e. The van der Waals surface area contributed by atoms with E-state index in [1.807, 2.05) is 6.07 Å². The predicted molar refractivity (Wildman–Crippen MR) is 82.7 cm³/mol. The van der Waals surface area contributed by atoms with Crippen LogP contribution in [0.25, 0.3) is 0 Å². The van der Waals surface area contributed by atoms with Crippen LogP contribution in [0.3, 0.4) is 0 Å². The number of methoxy groups -OCH3 is 1. The molecule has 2 N–H and O–H groups in total. The first-order valence-electron chi connectivity index (χ1n) is 6.11. The average Bonchev–Trinajstić information content (AvgIpc) is 2.53. The highest BCUT2D eigenvalue weighted by molar-refractivity contribution is 7.98. The lowest BCUT2D eigenvalue weighted by atomic mass is 10.2. The molecule has 0 aliphatic carbocycles. The Bertz CT molecular complexity index is 806. The van der Waals surface area contributed by atoms with Gasteiger partial charge in [-0.3, -0.25) is 10.1 Å². The van der Waals surface area contributed by atoms with E-state index in [0.717, 1.165) is 11.8 Å². The Morgan fingerprint density at radius 1 is 1.35 bits per heavy atom. The van der Waals surface area contributed by atoms with E-state index in [1.165, 1.54) is 25.3 Å². The second-order valence-electron chi connectivity index (χ2n) is 4.12. The summed E-state index contributed by atoms with van der Waals surface area (Å²) in [5.74, 6) is -0.0697. The highest BCUT2D eigenvalue weighted by Crippen LogP contribution is 2.36. The lowest BCUT2D eigenvalue weighted by Crippen LogP contribution is -2.04. The predicted octanol–water partition coefficient (Wildman–Crippen LogP) is 2.36. The Hall–Kier alpha value is -3.06. The Morgan fingerprint density at radius 2 is 2.04 bits per heavy atom. The Kier molecular flexibility index (Phi) is 4.82. The summed E-state index contributed by atoms with van der Waals surface area (Å²) in [6.07, 6.45) is 1.70. The van der Waals surface area contributed by atoms with Gasteiger partial charge in [-0.05, 0) is 18.4 Å². The second kappa shape index (κ2) is 6.80. The van der Waals surface area contributed by atoms with Crippen molar-refractivity contribution in [2.75, 3.05) is 19.1 Å². The highest BCUT2D eigenvalue weighted by atomic mass is 32.2. The number of nitro groups is 1. The zero-order valence-corrected chi connectivity index (χ0v) is 13.0. The third-order valence-corrected chi connectivity index (χ3v) is 3.23. The fourth-order valence-electron chi connectivity index (χ4n) is 1.69. The van der Waals surface area contributed by atoms with Crippen molar-refractivity contribution in [3.05, 3.63) is 33.9 Å². The number of thioether (sulfide) groups is 1. The minimum absolute atomic E-state index is 0.161. The summed E-state index contributed by atoms with van der Waals surface area (Å²) in [5, 5.41) is 20.4. The number of nitrogens with zero attached hydrogens (tertiary/aromatic N) is 4. The number of hydrogen-bond acceptors (Lipinski definition) is 9. The molecule has 1 aromatic heterocycles. The van der Waals surface area contributed by atoms with Crippen molar-refractivity contribution >= 4 is 23.3 Å². The molecule has 2 rings (SSSR count). The zero-order valence-electron chi connectivity index (χ0n) is 12.1. The van der Waals surface area contributed by atoms with Crippen LogP contribution in [0, 0.1) is 21.4 Å². The van der Waals surface area contributed by atoms with Crippen LogP contribution in [0.4, 0.5) is 11.5 Å². The van der Waals surface area contributed by atoms with Crippen LogP contribution in [0.15, 0.2) is 23.4 Å². The van der Waals surface area contributed by atoms with Crippen LogP contribution in [0.5, 0.6) is 17.4 Å². The van der Waals surface area contributed by atoms with Crippen molar-refractivity contribution in [3.63, 3.8) is 0 Å². The second-order valence-corrected chi connectivity index (χ2v) is 4.89. The maximum absolute atomic E-state index is 11.2. The molecule has 0 aliphatic rings.